The third kappa shape index (κ3) is 3.88. The molecule has 0 bridgehead atoms. The van der Waals surface area contributed by atoms with E-state index in [1.807, 2.05) is 0 Å². The summed E-state index contributed by atoms with van der Waals surface area (Å²) >= 11 is 0. The van der Waals surface area contributed by atoms with Crippen LogP contribution >= 0.6 is 0 Å². The van der Waals surface area contributed by atoms with Gasteiger partial charge in [0.1, 0.15) is 11.5 Å². The Bertz CT molecular complexity index is 967. The van der Waals surface area contributed by atoms with Crippen molar-refractivity contribution in [2.24, 2.45) is 0 Å². The maximum atomic E-state index is 13.0. The lowest BCUT2D eigenvalue weighted by molar-refractivity contribution is -0.123. The summed E-state index contributed by atoms with van der Waals surface area (Å²) in [6, 6.07) is 8.28. The van der Waals surface area contributed by atoms with E-state index in [0.717, 1.165) is 4.90 Å². The van der Waals surface area contributed by atoms with Gasteiger partial charge >= 0.3 is 6.03 Å². The molecule has 2 N–H and O–H groups in total. The van der Waals surface area contributed by atoms with E-state index in [2.05, 4.69) is 11.9 Å². The molecule has 2 aromatic carbocycles. The number of ether oxygens (including phenoxy) is 1. The number of benzene rings is 2. The van der Waals surface area contributed by atoms with E-state index in [0.29, 0.717) is 23.1 Å². The smallest absolute Gasteiger partial charge is 0.329 e. The summed E-state index contributed by atoms with van der Waals surface area (Å²) in [6.45, 7) is 3.68. The molecule has 1 saturated heterocycles. The minimum absolute atomic E-state index is 0.00395. The number of hydrogen-bond acceptors (Lipinski definition) is 4. The highest BCUT2D eigenvalue weighted by molar-refractivity contribution is 6.13. The molecule has 0 unspecified atom stereocenters. The van der Waals surface area contributed by atoms with Crippen molar-refractivity contribution in [2.45, 2.75) is 13.0 Å². The number of halogens is 1. The van der Waals surface area contributed by atoms with Crippen LogP contribution in [0.5, 0.6) is 11.5 Å². The zero-order valence-corrected chi connectivity index (χ0v) is 15.2. The molecule has 0 aromatic heterocycles. The van der Waals surface area contributed by atoms with E-state index in [4.69, 9.17) is 4.74 Å². The van der Waals surface area contributed by atoms with Crippen molar-refractivity contribution < 1.29 is 23.8 Å². The second kappa shape index (κ2) is 7.96. The van der Waals surface area contributed by atoms with Crippen LogP contribution in [0.4, 0.5) is 9.18 Å². The van der Waals surface area contributed by atoms with Crippen LogP contribution in [0.25, 0.3) is 6.08 Å². The Morgan fingerprint density at radius 2 is 1.96 bits per heavy atom. The molecule has 0 radical (unpaired) electrons. The van der Waals surface area contributed by atoms with Gasteiger partial charge in [0.2, 0.25) is 0 Å². The second-order valence-corrected chi connectivity index (χ2v) is 6.23. The van der Waals surface area contributed by atoms with Crippen molar-refractivity contribution in [2.75, 3.05) is 7.11 Å². The molecule has 0 atom stereocenters. The van der Waals surface area contributed by atoms with E-state index >= 15 is 0 Å². The van der Waals surface area contributed by atoms with Gasteiger partial charge in [-0.25, -0.2) is 9.18 Å². The van der Waals surface area contributed by atoms with Gasteiger partial charge in [0.15, 0.2) is 11.5 Å². The first-order chi connectivity index (χ1) is 13.4. The van der Waals surface area contributed by atoms with Crippen LogP contribution in [0, 0.1) is 5.82 Å². The topological polar surface area (TPSA) is 78.9 Å². The summed E-state index contributed by atoms with van der Waals surface area (Å²) in [7, 11) is 1.43. The van der Waals surface area contributed by atoms with Crippen molar-refractivity contribution in [3.05, 3.63) is 77.3 Å². The Morgan fingerprint density at radius 1 is 1.25 bits per heavy atom. The summed E-state index contributed by atoms with van der Waals surface area (Å²) in [4.78, 5) is 25.9. The first kappa shape index (κ1) is 19.2. The van der Waals surface area contributed by atoms with Crippen molar-refractivity contribution in [3.8, 4) is 11.5 Å². The summed E-state index contributed by atoms with van der Waals surface area (Å²) in [5.41, 5.74) is 1.90. The number of imide groups is 1. The number of nitrogens with zero attached hydrogens (tertiary/aromatic N) is 1. The number of allylic oxidation sites excluding steroid dienone is 1. The van der Waals surface area contributed by atoms with E-state index in [1.54, 1.807) is 18.2 Å². The first-order valence-corrected chi connectivity index (χ1v) is 8.52. The van der Waals surface area contributed by atoms with Gasteiger partial charge in [-0.1, -0.05) is 18.2 Å². The number of urea groups is 1. The van der Waals surface area contributed by atoms with Crippen LogP contribution in [0.1, 0.15) is 16.7 Å². The zero-order valence-electron chi connectivity index (χ0n) is 15.2. The number of rotatable bonds is 6. The summed E-state index contributed by atoms with van der Waals surface area (Å²) in [5, 5.41) is 12.7. The molecule has 1 aliphatic rings. The quantitative estimate of drug-likeness (QED) is 0.456. The third-order valence-electron chi connectivity index (χ3n) is 4.29. The summed E-state index contributed by atoms with van der Waals surface area (Å²) < 4.78 is 18.2. The average Bonchev–Trinajstić information content (AvgIpc) is 2.93. The molecular formula is C21H19FN2O4. The Hall–Kier alpha value is -3.61. The van der Waals surface area contributed by atoms with Crippen molar-refractivity contribution in [1.29, 1.82) is 0 Å². The van der Waals surface area contributed by atoms with Crippen molar-refractivity contribution in [3.63, 3.8) is 0 Å². The number of methoxy groups -OCH3 is 1. The maximum absolute atomic E-state index is 13.0. The van der Waals surface area contributed by atoms with Crippen molar-refractivity contribution in [1.82, 2.24) is 10.2 Å². The summed E-state index contributed by atoms with van der Waals surface area (Å²) in [6.07, 6.45) is 3.56. The molecule has 144 valence electrons. The molecule has 0 spiro atoms. The number of hydrogen-bond donors (Lipinski definition) is 2. The van der Waals surface area contributed by atoms with Gasteiger partial charge in [0.05, 0.1) is 13.7 Å². The van der Waals surface area contributed by atoms with Gasteiger partial charge < -0.3 is 15.2 Å². The number of phenolic OH excluding ortho intramolecular Hbond substituents is 1. The van der Waals surface area contributed by atoms with E-state index in [-0.39, 0.29) is 23.7 Å². The molecule has 1 aliphatic heterocycles. The van der Waals surface area contributed by atoms with E-state index < -0.39 is 17.8 Å². The fraction of sp³-hybridized carbons (Fsp3) is 0.143. The molecule has 3 rings (SSSR count). The van der Waals surface area contributed by atoms with Crippen LogP contribution in [0.2, 0.25) is 0 Å². The molecule has 28 heavy (non-hydrogen) atoms. The highest BCUT2D eigenvalue weighted by atomic mass is 19.1. The van der Waals surface area contributed by atoms with Crippen LogP contribution in [-0.4, -0.2) is 29.1 Å². The lowest BCUT2D eigenvalue weighted by atomic mass is 10.0. The van der Waals surface area contributed by atoms with Crippen LogP contribution in [0.15, 0.2) is 54.8 Å². The van der Waals surface area contributed by atoms with Gasteiger partial charge in [0.25, 0.3) is 5.91 Å². The monoisotopic (exact) mass is 382 g/mol. The second-order valence-electron chi connectivity index (χ2n) is 6.23. The number of aromatic hydroxyl groups is 1. The molecule has 1 fully saturated rings. The highest BCUT2D eigenvalue weighted by Gasteiger charge is 2.33. The fourth-order valence-corrected chi connectivity index (χ4v) is 2.89. The molecule has 6 nitrogen and oxygen atoms in total. The molecular weight excluding hydrogens is 363 g/mol. The SMILES string of the molecule is C=CCc1cc(/C=C2\NC(=O)N(Cc3ccc(F)cc3)C2=O)cc(OC)c1O. The number of carbonyl (C=O) groups excluding carboxylic acids is 2. The normalized spacial score (nSPS) is 15.1. The minimum atomic E-state index is -0.558. The van der Waals surface area contributed by atoms with Crippen LogP contribution in [-0.2, 0) is 17.8 Å². The predicted molar refractivity (Wildman–Crippen MR) is 102 cm³/mol. The highest BCUT2D eigenvalue weighted by Crippen LogP contribution is 2.33. The first-order valence-electron chi connectivity index (χ1n) is 8.52. The molecule has 1 heterocycles. The summed E-state index contributed by atoms with van der Waals surface area (Å²) in [5.74, 6) is -0.625. The molecule has 2 aromatic rings. The van der Waals surface area contributed by atoms with Crippen LogP contribution < -0.4 is 10.1 Å². The Morgan fingerprint density at radius 3 is 2.61 bits per heavy atom. The number of carbonyl (C=O) groups is 2. The third-order valence-corrected chi connectivity index (χ3v) is 4.29. The molecule has 0 aliphatic carbocycles. The maximum Gasteiger partial charge on any atom is 0.329 e. The lowest BCUT2D eigenvalue weighted by Crippen LogP contribution is -2.30. The number of nitrogens with one attached hydrogen (secondary N) is 1. The predicted octanol–water partition coefficient (Wildman–Crippen LogP) is 3.36. The standard InChI is InChI=1S/C21H19FN2O4/c1-3-4-15-9-14(11-18(28-2)19(15)25)10-17-20(26)24(21(27)23-17)12-13-5-7-16(22)8-6-13/h3,5-11,25H,1,4,12H2,2H3,(H,23,27)/b17-10-. The largest absolute Gasteiger partial charge is 0.504 e. The fourth-order valence-electron chi connectivity index (χ4n) is 2.89. The minimum Gasteiger partial charge on any atom is -0.504 e. The van der Waals surface area contributed by atoms with E-state index in [1.165, 1.54) is 37.5 Å². The number of phenols is 1. The van der Waals surface area contributed by atoms with Crippen molar-refractivity contribution >= 4 is 18.0 Å². The van der Waals surface area contributed by atoms with Gasteiger partial charge in [-0.15, -0.1) is 6.58 Å². The van der Waals surface area contributed by atoms with Crippen LogP contribution in [0.3, 0.4) is 0 Å². The van der Waals surface area contributed by atoms with E-state index in [9.17, 15) is 19.1 Å². The van der Waals surface area contributed by atoms with Gasteiger partial charge in [-0.05, 0) is 47.9 Å². The number of amides is 3. The Kier molecular flexibility index (Phi) is 5.44. The van der Waals surface area contributed by atoms with Gasteiger partial charge in [-0.2, -0.15) is 0 Å². The lowest BCUT2D eigenvalue weighted by Gasteiger charge is -2.11. The Balaban J connectivity index is 1.88. The molecule has 3 amide bonds. The van der Waals surface area contributed by atoms with Gasteiger partial charge in [-0.3, -0.25) is 9.69 Å². The molecule has 7 heteroatoms. The Labute approximate surface area is 161 Å². The molecule has 0 saturated carbocycles. The average molecular weight is 382 g/mol. The van der Waals surface area contributed by atoms with Gasteiger partial charge in [0, 0.05) is 5.56 Å². The zero-order chi connectivity index (χ0) is 20.3.